The molecular weight excluding hydrogens is 791 g/mol. The fourth-order valence-electron chi connectivity index (χ4n) is 6.32. The third kappa shape index (κ3) is 9.76. The average Bonchev–Trinajstić information content (AvgIpc) is 3.30. The summed E-state index contributed by atoms with van der Waals surface area (Å²) < 4.78 is 38.5. The average molecular weight is 823 g/mol. The normalized spacial score (nSPS) is 10.8. The van der Waals surface area contributed by atoms with Crippen LogP contribution in [0.2, 0.25) is 0 Å². The number of carbonyl (C=O) groups excluding carboxylic acids is 4. The topological polar surface area (TPSA) is 86.7 Å². The summed E-state index contributed by atoms with van der Waals surface area (Å²) in [6.07, 6.45) is 0. The molecule has 6 nitrogen and oxygen atoms in total. The summed E-state index contributed by atoms with van der Waals surface area (Å²) in [7, 11) is 0. The largest absolute Gasteiger partial charge is 0.457 e. The summed E-state index contributed by atoms with van der Waals surface area (Å²) in [6.45, 7) is 0. The third-order valence-corrected chi connectivity index (χ3v) is 10.6. The molecule has 0 aliphatic carbocycles. The van der Waals surface area contributed by atoms with Gasteiger partial charge in [-0.1, -0.05) is 60.3 Å². The van der Waals surface area contributed by atoms with E-state index in [1.54, 1.807) is 109 Å². The van der Waals surface area contributed by atoms with Crippen molar-refractivity contribution in [1.82, 2.24) is 0 Å². The van der Waals surface area contributed by atoms with Crippen LogP contribution in [0.5, 0.6) is 23.0 Å². The highest BCUT2D eigenvalue weighted by Gasteiger charge is 2.15. The van der Waals surface area contributed by atoms with E-state index >= 15 is 0 Å². The second-order valence-corrected chi connectivity index (χ2v) is 14.9. The van der Waals surface area contributed by atoms with E-state index in [0.717, 1.165) is 9.79 Å². The minimum atomic E-state index is -0.418. The Morgan fingerprint density at radius 1 is 0.279 bits per heavy atom. The minimum Gasteiger partial charge on any atom is -0.457 e. The minimum absolute atomic E-state index is 0.196. The molecule has 0 N–H and O–H groups in total. The maximum atomic E-state index is 13.2. The highest BCUT2D eigenvalue weighted by molar-refractivity contribution is 7.99. The van der Waals surface area contributed by atoms with Gasteiger partial charge in [-0.3, -0.25) is 19.2 Å². The molecule has 0 atom stereocenters. The first-order valence-corrected chi connectivity index (χ1v) is 19.8. The van der Waals surface area contributed by atoms with Crippen molar-refractivity contribution in [2.45, 2.75) is 9.79 Å². The molecule has 61 heavy (non-hydrogen) atoms. The highest BCUT2D eigenvalue weighted by Crippen LogP contribution is 2.33. The summed E-state index contributed by atoms with van der Waals surface area (Å²) in [5, 5.41) is 0. The first kappa shape index (κ1) is 40.0. The molecule has 8 rings (SSSR count). The molecule has 0 amide bonds. The van der Waals surface area contributed by atoms with E-state index in [0.29, 0.717) is 67.5 Å². The Morgan fingerprint density at radius 3 is 0.689 bits per heavy atom. The number of rotatable bonds is 14. The van der Waals surface area contributed by atoms with E-state index < -0.39 is 11.6 Å². The lowest BCUT2D eigenvalue weighted by molar-refractivity contribution is 0.102. The Morgan fingerprint density at radius 2 is 0.459 bits per heavy atom. The van der Waals surface area contributed by atoms with Crippen molar-refractivity contribution in [1.29, 1.82) is 0 Å². The first-order chi connectivity index (χ1) is 29.6. The van der Waals surface area contributed by atoms with Crippen LogP contribution in [0.15, 0.2) is 204 Å². The van der Waals surface area contributed by atoms with Gasteiger partial charge in [-0.25, -0.2) is 8.78 Å². The predicted molar refractivity (Wildman–Crippen MR) is 229 cm³/mol. The van der Waals surface area contributed by atoms with Gasteiger partial charge in [0, 0.05) is 54.3 Å². The van der Waals surface area contributed by atoms with Gasteiger partial charge < -0.3 is 9.47 Å². The van der Waals surface area contributed by atoms with Crippen molar-refractivity contribution in [2.24, 2.45) is 0 Å². The molecule has 0 aliphatic heterocycles. The van der Waals surface area contributed by atoms with Crippen LogP contribution in [0.3, 0.4) is 0 Å². The molecule has 0 aromatic heterocycles. The SMILES string of the molecule is O=C(c1ccc(F)cc1)c1ccc(C(=O)c2ccc(Oc3ccc(Sc4ccc(Oc5ccc(C(=O)c6ccc(C(=O)c7ccc(F)cc7)cc6)cc5)cc4)cc3)cc2)cc1. The lowest BCUT2D eigenvalue weighted by Crippen LogP contribution is -2.04. The van der Waals surface area contributed by atoms with Crippen LogP contribution in [0.1, 0.15) is 63.7 Å². The fourth-order valence-corrected chi connectivity index (χ4v) is 7.14. The van der Waals surface area contributed by atoms with Gasteiger partial charge in [-0.15, -0.1) is 0 Å². The number of ketones is 4. The second kappa shape index (κ2) is 18.0. The van der Waals surface area contributed by atoms with Gasteiger partial charge in [0.05, 0.1) is 0 Å². The number of carbonyl (C=O) groups is 4. The van der Waals surface area contributed by atoms with Crippen molar-refractivity contribution < 1.29 is 37.4 Å². The van der Waals surface area contributed by atoms with Crippen LogP contribution >= 0.6 is 11.8 Å². The number of ether oxygens (including phenoxy) is 2. The van der Waals surface area contributed by atoms with Crippen LogP contribution in [0.4, 0.5) is 8.78 Å². The summed E-state index contributed by atoms with van der Waals surface area (Å²) >= 11 is 1.58. The molecule has 0 spiro atoms. The zero-order valence-electron chi connectivity index (χ0n) is 32.1. The molecular formula is C52H32F2O6S. The number of hydrogen-bond donors (Lipinski definition) is 0. The molecule has 0 bridgehead atoms. The zero-order chi connectivity index (χ0) is 42.3. The predicted octanol–water partition coefficient (Wildman–Crippen LogP) is 12.6. The van der Waals surface area contributed by atoms with Crippen LogP contribution in [0.25, 0.3) is 0 Å². The van der Waals surface area contributed by atoms with Crippen LogP contribution in [0, 0.1) is 11.6 Å². The van der Waals surface area contributed by atoms with Crippen molar-refractivity contribution in [3.63, 3.8) is 0 Å². The van der Waals surface area contributed by atoms with Crippen molar-refractivity contribution >= 4 is 34.9 Å². The molecule has 0 radical (unpaired) electrons. The quantitative estimate of drug-likeness (QED) is 0.101. The van der Waals surface area contributed by atoms with Gasteiger partial charge >= 0.3 is 0 Å². The second-order valence-electron chi connectivity index (χ2n) is 13.8. The molecule has 0 fully saturated rings. The van der Waals surface area contributed by atoms with Crippen molar-refractivity contribution in [3.05, 3.63) is 250 Å². The Labute approximate surface area is 354 Å². The summed E-state index contributed by atoms with van der Waals surface area (Å²) in [6, 6.07) is 52.4. The van der Waals surface area contributed by atoms with Gasteiger partial charge in [-0.2, -0.15) is 0 Å². The Hall–Kier alpha value is -7.75. The van der Waals surface area contributed by atoms with E-state index in [-0.39, 0.29) is 23.1 Å². The van der Waals surface area contributed by atoms with E-state index in [1.165, 1.54) is 48.5 Å². The van der Waals surface area contributed by atoms with Crippen LogP contribution < -0.4 is 9.47 Å². The van der Waals surface area contributed by atoms with E-state index in [4.69, 9.17) is 9.47 Å². The summed E-state index contributed by atoms with van der Waals surface area (Å²) in [5.41, 5.74) is 3.34. The van der Waals surface area contributed by atoms with E-state index in [2.05, 4.69) is 0 Å². The molecule has 8 aromatic rings. The Bertz CT molecular complexity index is 2640. The summed E-state index contributed by atoms with van der Waals surface area (Å²) in [4.78, 5) is 53.7. The number of hydrogen-bond acceptors (Lipinski definition) is 7. The van der Waals surface area contributed by atoms with Crippen molar-refractivity contribution in [3.8, 4) is 23.0 Å². The van der Waals surface area contributed by atoms with Gasteiger partial charge in [0.2, 0.25) is 0 Å². The molecule has 0 aliphatic rings. The highest BCUT2D eigenvalue weighted by atomic mass is 32.2. The van der Waals surface area contributed by atoms with Gasteiger partial charge in [0.25, 0.3) is 0 Å². The van der Waals surface area contributed by atoms with Crippen LogP contribution in [-0.4, -0.2) is 23.1 Å². The fraction of sp³-hybridized carbons (Fsp3) is 0. The smallest absolute Gasteiger partial charge is 0.193 e. The lowest BCUT2D eigenvalue weighted by Gasteiger charge is -2.09. The Kier molecular flexibility index (Phi) is 11.8. The molecule has 8 aromatic carbocycles. The lowest BCUT2D eigenvalue weighted by atomic mass is 9.98. The molecule has 0 heterocycles. The Balaban J connectivity index is 0.807. The molecule has 0 unspecified atom stereocenters. The molecule has 9 heteroatoms. The monoisotopic (exact) mass is 822 g/mol. The number of benzene rings is 8. The first-order valence-electron chi connectivity index (χ1n) is 19.0. The van der Waals surface area contributed by atoms with Gasteiger partial charge in [0.15, 0.2) is 23.1 Å². The van der Waals surface area contributed by atoms with E-state index in [1.807, 2.05) is 48.5 Å². The maximum absolute atomic E-state index is 13.2. The maximum Gasteiger partial charge on any atom is 0.193 e. The van der Waals surface area contributed by atoms with Gasteiger partial charge in [0.1, 0.15) is 34.6 Å². The van der Waals surface area contributed by atoms with Crippen molar-refractivity contribution in [2.75, 3.05) is 0 Å². The molecule has 0 saturated heterocycles. The molecule has 296 valence electrons. The van der Waals surface area contributed by atoms with E-state index in [9.17, 15) is 28.0 Å². The summed E-state index contributed by atoms with van der Waals surface area (Å²) in [5.74, 6) is 0.663. The van der Waals surface area contributed by atoms with Crippen LogP contribution in [-0.2, 0) is 0 Å². The number of halogens is 2. The zero-order valence-corrected chi connectivity index (χ0v) is 32.9. The van der Waals surface area contributed by atoms with Gasteiger partial charge in [-0.05, 0) is 146 Å². The third-order valence-electron chi connectivity index (χ3n) is 9.62. The standard InChI is InChI=1S/C52H32F2O6S/c53-41-17-9-37(10-18-41)49(55)33-1-5-35(6-2-33)51(57)39-13-21-43(22-14-39)59-45-25-29-47(30-26-45)61-48-31-27-46(28-32-48)60-44-23-15-40(16-24-44)52(58)36-7-3-34(4-8-36)50(56)38-11-19-42(54)20-12-38/h1-32H. The molecule has 0 saturated carbocycles.